The van der Waals surface area contributed by atoms with Gasteiger partial charge in [-0.15, -0.1) is 0 Å². The highest BCUT2D eigenvalue weighted by Crippen LogP contribution is 2.30. The highest BCUT2D eigenvalue weighted by molar-refractivity contribution is 5.30. The monoisotopic (exact) mass is 236 g/mol. The Bertz CT molecular complexity index is 346. The number of aromatic nitrogens is 1. The van der Waals surface area contributed by atoms with Gasteiger partial charge in [-0.05, 0) is 50.3 Å². The van der Waals surface area contributed by atoms with Gasteiger partial charge < -0.3 is 14.6 Å². The number of nitrogens with one attached hydrogen (secondary N) is 1. The normalized spacial score (nSPS) is 19.3. The second kappa shape index (κ2) is 6.22. The van der Waals surface area contributed by atoms with Crippen molar-refractivity contribution in [3.05, 3.63) is 23.5 Å². The SMILES string of the molecule is CNC1CCCc2cn(CCCCOC)cc21. The number of fused-ring (bicyclic) bond motifs is 1. The lowest BCUT2D eigenvalue weighted by Gasteiger charge is -2.21. The first-order valence-electron chi connectivity index (χ1n) is 6.70. The van der Waals surface area contributed by atoms with Crippen LogP contribution in [0.2, 0.25) is 0 Å². The average molecular weight is 236 g/mol. The number of methoxy groups -OCH3 is 1. The van der Waals surface area contributed by atoms with E-state index in [1.807, 2.05) is 0 Å². The minimum atomic E-state index is 0.568. The van der Waals surface area contributed by atoms with Crippen LogP contribution in [0.5, 0.6) is 0 Å². The highest BCUT2D eigenvalue weighted by atomic mass is 16.5. The molecular weight excluding hydrogens is 212 g/mol. The molecule has 1 aromatic heterocycles. The Hall–Kier alpha value is -0.800. The van der Waals surface area contributed by atoms with Crippen LogP contribution in [0, 0.1) is 0 Å². The smallest absolute Gasteiger partial charge is 0.0462 e. The molecule has 96 valence electrons. The van der Waals surface area contributed by atoms with E-state index in [0.717, 1.165) is 19.6 Å². The van der Waals surface area contributed by atoms with Gasteiger partial charge in [-0.3, -0.25) is 0 Å². The Balaban J connectivity index is 1.94. The van der Waals surface area contributed by atoms with Crippen LogP contribution >= 0.6 is 0 Å². The van der Waals surface area contributed by atoms with Crippen LogP contribution in [0.15, 0.2) is 12.4 Å². The van der Waals surface area contributed by atoms with Gasteiger partial charge in [-0.2, -0.15) is 0 Å². The van der Waals surface area contributed by atoms with Crippen molar-refractivity contribution in [1.29, 1.82) is 0 Å². The average Bonchev–Trinajstić information content (AvgIpc) is 2.77. The number of rotatable bonds is 6. The third-order valence-corrected chi connectivity index (χ3v) is 3.67. The summed E-state index contributed by atoms with van der Waals surface area (Å²) in [6.45, 7) is 1.99. The standard InChI is InChI=1S/C14H24N2O/c1-15-14-7-5-6-12-10-16(11-13(12)14)8-3-4-9-17-2/h10-11,14-15H,3-9H2,1-2H3. The van der Waals surface area contributed by atoms with Crippen LogP contribution in [-0.2, 0) is 17.7 Å². The fourth-order valence-electron chi connectivity index (χ4n) is 2.72. The first-order chi connectivity index (χ1) is 8.35. The van der Waals surface area contributed by atoms with Gasteiger partial charge in [0.25, 0.3) is 0 Å². The number of nitrogens with zero attached hydrogens (tertiary/aromatic N) is 1. The van der Waals surface area contributed by atoms with Crippen molar-refractivity contribution >= 4 is 0 Å². The van der Waals surface area contributed by atoms with Crippen LogP contribution in [-0.4, -0.2) is 25.3 Å². The van der Waals surface area contributed by atoms with Gasteiger partial charge in [-0.25, -0.2) is 0 Å². The molecule has 0 saturated carbocycles. The van der Waals surface area contributed by atoms with Crippen molar-refractivity contribution in [2.75, 3.05) is 20.8 Å². The molecule has 1 aliphatic carbocycles. The van der Waals surface area contributed by atoms with E-state index >= 15 is 0 Å². The zero-order valence-corrected chi connectivity index (χ0v) is 11.0. The van der Waals surface area contributed by atoms with Crippen molar-refractivity contribution in [3.8, 4) is 0 Å². The zero-order valence-electron chi connectivity index (χ0n) is 11.0. The molecule has 0 bridgehead atoms. The molecule has 0 radical (unpaired) electrons. The summed E-state index contributed by atoms with van der Waals surface area (Å²) in [5, 5.41) is 3.42. The van der Waals surface area contributed by atoms with E-state index in [9.17, 15) is 0 Å². The third kappa shape index (κ3) is 3.11. The molecule has 3 nitrogen and oxygen atoms in total. The molecule has 0 spiro atoms. The second-order valence-corrected chi connectivity index (χ2v) is 4.91. The van der Waals surface area contributed by atoms with E-state index in [4.69, 9.17) is 4.74 Å². The Kier molecular flexibility index (Phi) is 4.63. The van der Waals surface area contributed by atoms with Gasteiger partial charge in [0.15, 0.2) is 0 Å². The second-order valence-electron chi connectivity index (χ2n) is 4.91. The van der Waals surface area contributed by atoms with E-state index in [1.165, 1.54) is 31.2 Å². The minimum Gasteiger partial charge on any atom is -0.385 e. The molecule has 1 unspecified atom stereocenters. The largest absolute Gasteiger partial charge is 0.385 e. The van der Waals surface area contributed by atoms with E-state index in [2.05, 4.69) is 29.3 Å². The summed E-state index contributed by atoms with van der Waals surface area (Å²) < 4.78 is 7.43. The van der Waals surface area contributed by atoms with Gasteiger partial charge in [0.1, 0.15) is 0 Å². The fraction of sp³-hybridized carbons (Fsp3) is 0.714. The fourth-order valence-corrected chi connectivity index (χ4v) is 2.72. The van der Waals surface area contributed by atoms with Gasteiger partial charge in [0.2, 0.25) is 0 Å². The van der Waals surface area contributed by atoms with Crippen LogP contribution in [0.25, 0.3) is 0 Å². The Labute approximate surface area is 104 Å². The molecule has 1 aliphatic rings. The quantitative estimate of drug-likeness (QED) is 0.768. The van der Waals surface area contributed by atoms with Crippen LogP contribution in [0.1, 0.15) is 42.9 Å². The van der Waals surface area contributed by atoms with Gasteiger partial charge in [0, 0.05) is 38.7 Å². The van der Waals surface area contributed by atoms with Crippen LogP contribution < -0.4 is 5.32 Å². The van der Waals surface area contributed by atoms with Gasteiger partial charge in [0.05, 0.1) is 0 Å². The molecule has 1 aromatic rings. The van der Waals surface area contributed by atoms with Crippen molar-refractivity contribution in [1.82, 2.24) is 9.88 Å². The van der Waals surface area contributed by atoms with Gasteiger partial charge >= 0.3 is 0 Å². The maximum atomic E-state index is 5.08. The summed E-state index contributed by atoms with van der Waals surface area (Å²) in [5.74, 6) is 0. The molecule has 1 heterocycles. The molecule has 1 N–H and O–H groups in total. The zero-order chi connectivity index (χ0) is 12.1. The summed E-state index contributed by atoms with van der Waals surface area (Å²) in [5.41, 5.74) is 3.06. The number of ether oxygens (including phenoxy) is 1. The van der Waals surface area contributed by atoms with Crippen molar-refractivity contribution in [2.24, 2.45) is 0 Å². The summed E-state index contributed by atoms with van der Waals surface area (Å²) in [6.07, 6.45) is 10.9. The summed E-state index contributed by atoms with van der Waals surface area (Å²) >= 11 is 0. The molecule has 3 heteroatoms. The Morgan fingerprint density at radius 3 is 3.06 bits per heavy atom. The van der Waals surface area contributed by atoms with E-state index in [-0.39, 0.29) is 0 Å². The lowest BCUT2D eigenvalue weighted by molar-refractivity contribution is 0.191. The molecule has 0 aliphatic heterocycles. The molecule has 17 heavy (non-hydrogen) atoms. The Morgan fingerprint density at radius 2 is 2.29 bits per heavy atom. The predicted molar refractivity (Wildman–Crippen MR) is 70.3 cm³/mol. The summed E-state index contributed by atoms with van der Waals surface area (Å²) in [7, 11) is 3.83. The Morgan fingerprint density at radius 1 is 1.41 bits per heavy atom. The van der Waals surface area contributed by atoms with Crippen molar-refractivity contribution < 1.29 is 4.74 Å². The van der Waals surface area contributed by atoms with Crippen LogP contribution in [0.4, 0.5) is 0 Å². The molecule has 0 fully saturated rings. The first kappa shape index (κ1) is 12.7. The molecule has 0 saturated heterocycles. The van der Waals surface area contributed by atoms with Crippen molar-refractivity contribution in [2.45, 2.75) is 44.7 Å². The van der Waals surface area contributed by atoms with Gasteiger partial charge in [-0.1, -0.05) is 0 Å². The minimum absolute atomic E-state index is 0.568. The van der Waals surface area contributed by atoms with E-state index in [1.54, 1.807) is 12.7 Å². The molecule has 1 atom stereocenters. The maximum Gasteiger partial charge on any atom is 0.0462 e. The topological polar surface area (TPSA) is 26.2 Å². The number of unbranched alkanes of at least 4 members (excludes halogenated alkanes) is 1. The van der Waals surface area contributed by atoms with Crippen molar-refractivity contribution in [3.63, 3.8) is 0 Å². The lowest BCUT2D eigenvalue weighted by atomic mass is 9.91. The maximum absolute atomic E-state index is 5.08. The third-order valence-electron chi connectivity index (χ3n) is 3.67. The molecular formula is C14H24N2O. The number of hydrogen-bond donors (Lipinski definition) is 1. The number of hydrogen-bond acceptors (Lipinski definition) is 2. The van der Waals surface area contributed by atoms with E-state index in [0.29, 0.717) is 6.04 Å². The predicted octanol–water partition coefficient (Wildman–Crippen LogP) is 2.51. The molecule has 2 rings (SSSR count). The van der Waals surface area contributed by atoms with Crippen LogP contribution in [0.3, 0.4) is 0 Å². The molecule has 0 amide bonds. The number of aryl methyl sites for hydroxylation is 2. The molecule has 0 aromatic carbocycles. The van der Waals surface area contributed by atoms with E-state index < -0.39 is 0 Å². The first-order valence-corrected chi connectivity index (χ1v) is 6.70. The highest BCUT2D eigenvalue weighted by Gasteiger charge is 2.20. The summed E-state index contributed by atoms with van der Waals surface area (Å²) in [4.78, 5) is 0. The lowest BCUT2D eigenvalue weighted by Crippen LogP contribution is -2.20. The summed E-state index contributed by atoms with van der Waals surface area (Å²) in [6, 6.07) is 0.568.